The summed E-state index contributed by atoms with van der Waals surface area (Å²) in [6.45, 7) is -0.472. The minimum Gasteiger partial charge on any atom is -0.415 e. The van der Waals surface area contributed by atoms with Crippen LogP contribution in [0.3, 0.4) is 0 Å². The Morgan fingerprint density at radius 2 is 1.50 bits per heavy atom. The maximum absolute atomic E-state index is 10.4. The van der Waals surface area contributed by atoms with Crippen molar-refractivity contribution in [3.05, 3.63) is 78.5 Å². The van der Waals surface area contributed by atoms with Crippen molar-refractivity contribution in [3.8, 4) is 34.2 Å². The number of rotatable bonds is 5. The largest absolute Gasteiger partial charge is 0.415 e. The van der Waals surface area contributed by atoms with E-state index in [2.05, 4.69) is 15.2 Å². The molecule has 0 aliphatic carbocycles. The third kappa shape index (κ3) is 4.23. The van der Waals surface area contributed by atoms with E-state index in [0.29, 0.717) is 23.0 Å². The zero-order valence-electron chi connectivity index (χ0n) is 18.0. The summed E-state index contributed by atoms with van der Waals surface area (Å²) in [6.07, 6.45) is -4.35. The highest BCUT2D eigenvalue weighted by atomic mass is 16.5. The maximum Gasteiger partial charge on any atom is 0.266 e. The van der Waals surface area contributed by atoms with E-state index in [4.69, 9.17) is 9.15 Å². The molecule has 5 rings (SSSR count). The Bertz CT molecular complexity index is 1250. The van der Waals surface area contributed by atoms with E-state index in [0.717, 1.165) is 16.7 Å². The predicted molar refractivity (Wildman–Crippen MR) is 121 cm³/mol. The van der Waals surface area contributed by atoms with Gasteiger partial charge in [0, 0.05) is 11.8 Å². The Morgan fingerprint density at radius 1 is 0.735 bits per heavy atom. The molecule has 4 N–H and O–H groups in total. The van der Waals surface area contributed by atoms with Gasteiger partial charge in [-0.1, -0.05) is 36.4 Å². The minimum absolute atomic E-state index is 0.340. The zero-order valence-corrected chi connectivity index (χ0v) is 18.0. The molecule has 9 nitrogen and oxygen atoms in total. The fraction of sp³-hybridized carbons (Fsp3) is 0.240. The van der Waals surface area contributed by atoms with Gasteiger partial charge in [-0.05, 0) is 47.0 Å². The van der Waals surface area contributed by atoms with E-state index in [1.54, 1.807) is 18.3 Å². The monoisotopic (exact) mass is 461 g/mol. The van der Waals surface area contributed by atoms with Crippen molar-refractivity contribution in [2.24, 2.45) is 0 Å². The Balaban J connectivity index is 1.38. The highest BCUT2D eigenvalue weighted by molar-refractivity contribution is 5.68. The van der Waals surface area contributed by atoms with Crippen molar-refractivity contribution < 1.29 is 29.6 Å². The van der Waals surface area contributed by atoms with Crippen molar-refractivity contribution in [2.75, 3.05) is 6.61 Å². The average molecular weight is 461 g/mol. The molecule has 2 aromatic carbocycles. The molecule has 1 aliphatic rings. The molecule has 0 spiro atoms. The summed E-state index contributed by atoms with van der Waals surface area (Å²) in [7, 11) is 0. The topological polar surface area (TPSA) is 142 Å². The highest BCUT2D eigenvalue weighted by Gasteiger charge is 2.43. The fourth-order valence-corrected chi connectivity index (χ4v) is 4.01. The number of nitrogens with zero attached hydrogens (tertiary/aromatic N) is 3. The lowest BCUT2D eigenvalue weighted by Gasteiger charge is -2.40. The molecule has 174 valence electrons. The number of benzene rings is 2. The molecular weight excluding hydrogens is 438 g/mol. The van der Waals surface area contributed by atoms with Crippen molar-refractivity contribution in [1.82, 2.24) is 15.2 Å². The lowest BCUT2D eigenvalue weighted by atomic mass is 9.90. The van der Waals surface area contributed by atoms with Crippen LogP contribution in [0.1, 0.15) is 11.7 Å². The molecule has 9 heteroatoms. The lowest BCUT2D eigenvalue weighted by Crippen LogP contribution is -2.55. The van der Waals surface area contributed by atoms with Crippen LogP contribution in [-0.2, 0) is 4.74 Å². The Labute approximate surface area is 194 Å². The second-order valence-corrected chi connectivity index (χ2v) is 8.08. The molecule has 1 fully saturated rings. The van der Waals surface area contributed by atoms with Crippen LogP contribution in [0.4, 0.5) is 0 Å². The third-order valence-corrected chi connectivity index (χ3v) is 5.88. The number of pyridine rings is 1. The van der Waals surface area contributed by atoms with Gasteiger partial charge in [-0.25, -0.2) is 0 Å². The molecule has 5 atom stereocenters. The fourth-order valence-electron chi connectivity index (χ4n) is 4.01. The average Bonchev–Trinajstić information content (AvgIpc) is 3.39. The first-order valence-electron chi connectivity index (χ1n) is 10.8. The van der Waals surface area contributed by atoms with Gasteiger partial charge >= 0.3 is 0 Å². The maximum atomic E-state index is 10.4. The number of aromatic nitrogens is 3. The lowest BCUT2D eigenvalue weighted by molar-refractivity contribution is -0.231. The SMILES string of the molecule is OC[C@H]1O[C@H](c2cccc(-c3ccc(-c4nnc(-c5ccccn5)o4)cc3)c2)[C@@H](O)[C@@H](O)[C@@H]1O. The quantitative estimate of drug-likeness (QED) is 0.351. The van der Waals surface area contributed by atoms with Gasteiger partial charge in [0.1, 0.15) is 36.2 Å². The smallest absolute Gasteiger partial charge is 0.266 e. The van der Waals surface area contributed by atoms with E-state index >= 15 is 0 Å². The van der Waals surface area contributed by atoms with E-state index in [1.807, 2.05) is 54.6 Å². The molecule has 4 aromatic rings. The Kier molecular flexibility index (Phi) is 6.18. The van der Waals surface area contributed by atoms with Crippen LogP contribution in [0.15, 0.2) is 77.3 Å². The van der Waals surface area contributed by atoms with Gasteiger partial charge in [0.2, 0.25) is 5.89 Å². The summed E-state index contributed by atoms with van der Waals surface area (Å²) in [4.78, 5) is 4.21. The van der Waals surface area contributed by atoms with E-state index < -0.39 is 37.1 Å². The van der Waals surface area contributed by atoms with Crippen LogP contribution in [-0.4, -0.2) is 66.6 Å². The van der Waals surface area contributed by atoms with Crippen molar-refractivity contribution in [2.45, 2.75) is 30.5 Å². The van der Waals surface area contributed by atoms with Crippen molar-refractivity contribution >= 4 is 0 Å². The first kappa shape index (κ1) is 22.3. The van der Waals surface area contributed by atoms with E-state index in [9.17, 15) is 20.4 Å². The molecule has 1 aliphatic heterocycles. The number of aliphatic hydroxyl groups is 4. The molecule has 2 aromatic heterocycles. The molecule has 34 heavy (non-hydrogen) atoms. The minimum atomic E-state index is -1.43. The normalized spacial score (nSPS) is 24.8. The summed E-state index contributed by atoms with van der Waals surface area (Å²) in [5.41, 5.74) is 3.74. The molecule has 0 bridgehead atoms. The number of ether oxygens (including phenoxy) is 1. The Hall–Kier alpha value is -3.47. The highest BCUT2D eigenvalue weighted by Crippen LogP contribution is 2.34. The molecule has 1 saturated heterocycles. The van der Waals surface area contributed by atoms with Gasteiger partial charge in [-0.15, -0.1) is 10.2 Å². The van der Waals surface area contributed by atoms with Crippen LogP contribution < -0.4 is 0 Å². The standard InChI is InChI=1S/C25H23N3O6/c29-13-19-20(30)21(31)22(32)23(33-19)17-5-3-4-16(12-17)14-7-9-15(10-8-14)24-27-28-25(34-24)18-6-1-2-11-26-18/h1-12,19-23,29-32H,13H2/t19-,20-,21+,22+,23-/m1/s1. The molecule has 0 saturated carbocycles. The van der Waals surface area contributed by atoms with Gasteiger partial charge in [-0.3, -0.25) is 4.98 Å². The van der Waals surface area contributed by atoms with Crippen molar-refractivity contribution in [3.63, 3.8) is 0 Å². The van der Waals surface area contributed by atoms with Gasteiger partial charge in [0.05, 0.1) is 6.61 Å². The summed E-state index contributed by atoms with van der Waals surface area (Å²) < 4.78 is 11.4. The number of aliphatic hydroxyl groups excluding tert-OH is 4. The zero-order chi connectivity index (χ0) is 23.7. The van der Waals surface area contributed by atoms with E-state index in [1.165, 1.54) is 0 Å². The molecule has 0 radical (unpaired) electrons. The second kappa shape index (κ2) is 9.41. The molecule has 3 heterocycles. The summed E-state index contributed by atoms with van der Waals surface area (Å²) in [5.74, 6) is 0.717. The van der Waals surface area contributed by atoms with Gasteiger partial charge in [0.15, 0.2) is 0 Å². The molecular formula is C25H23N3O6. The number of hydrogen-bond acceptors (Lipinski definition) is 9. The van der Waals surface area contributed by atoms with Crippen LogP contribution in [0.2, 0.25) is 0 Å². The number of hydrogen-bond donors (Lipinski definition) is 4. The van der Waals surface area contributed by atoms with Gasteiger partial charge in [-0.2, -0.15) is 0 Å². The molecule has 0 unspecified atom stereocenters. The third-order valence-electron chi connectivity index (χ3n) is 5.88. The first-order chi connectivity index (χ1) is 16.5. The first-order valence-corrected chi connectivity index (χ1v) is 10.8. The van der Waals surface area contributed by atoms with Gasteiger partial charge < -0.3 is 29.6 Å². The summed E-state index contributed by atoms with van der Waals surface area (Å²) in [6, 6.07) is 20.3. The van der Waals surface area contributed by atoms with E-state index in [-0.39, 0.29) is 0 Å². The van der Waals surface area contributed by atoms with Gasteiger partial charge in [0.25, 0.3) is 5.89 Å². The van der Waals surface area contributed by atoms with Crippen molar-refractivity contribution in [1.29, 1.82) is 0 Å². The Morgan fingerprint density at radius 3 is 2.24 bits per heavy atom. The van der Waals surface area contributed by atoms with Crippen LogP contribution in [0, 0.1) is 0 Å². The summed E-state index contributed by atoms with van der Waals surface area (Å²) in [5, 5.41) is 48.2. The van der Waals surface area contributed by atoms with Crippen LogP contribution in [0.5, 0.6) is 0 Å². The second-order valence-electron chi connectivity index (χ2n) is 8.08. The predicted octanol–water partition coefficient (Wildman–Crippen LogP) is 1.98. The van der Waals surface area contributed by atoms with Crippen LogP contribution >= 0.6 is 0 Å². The van der Waals surface area contributed by atoms with Crippen LogP contribution in [0.25, 0.3) is 34.2 Å². The summed E-state index contributed by atoms with van der Waals surface area (Å²) >= 11 is 0. The molecule has 0 amide bonds.